The molecule has 0 aliphatic heterocycles. The highest BCUT2D eigenvalue weighted by Gasteiger charge is 2.16. The number of aryl methyl sites for hydroxylation is 3. The molecule has 1 heterocycles. The van der Waals surface area contributed by atoms with Crippen molar-refractivity contribution in [1.29, 1.82) is 0 Å². The summed E-state index contributed by atoms with van der Waals surface area (Å²) in [6.45, 7) is 5.71. The number of ether oxygens (including phenoxy) is 1. The standard InChI is InChI=1S/C23H24N2O3S/c1-4-16-9-11-18(12-10-16)22-24-19(14-29-22)23(27)28-13-20(26)25-21-15(3)7-6-8-17(21)5-2/h6-12,14H,4-5,13H2,1-3H3,(H,25,26). The minimum atomic E-state index is -0.603. The highest BCUT2D eigenvalue weighted by molar-refractivity contribution is 7.13. The summed E-state index contributed by atoms with van der Waals surface area (Å²) in [6.07, 6.45) is 1.78. The second-order valence-corrected chi connectivity index (χ2v) is 7.53. The number of aromatic nitrogens is 1. The maximum Gasteiger partial charge on any atom is 0.358 e. The Kier molecular flexibility index (Phi) is 6.77. The van der Waals surface area contributed by atoms with Crippen molar-refractivity contribution in [1.82, 2.24) is 4.98 Å². The van der Waals surface area contributed by atoms with Gasteiger partial charge in [0.05, 0.1) is 0 Å². The summed E-state index contributed by atoms with van der Waals surface area (Å²) in [5, 5.41) is 5.24. The number of benzene rings is 2. The molecule has 1 aromatic heterocycles. The topological polar surface area (TPSA) is 68.3 Å². The summed E-state index contributed by atoms with van der Waals surface area (Å²) in [7, 11) is 0. The maximum absolute atomic E-state index is 12.3. The lowest BCUT2D eigenvalue weighted by atomic mass is 10.1. The molecule has 0 aliphatic rings. The number of hydrogen-bond donors (Lipinski definition) is 1. The van der Waals surface area contributed by atoms with Gasteiger partial charge in [0.2, 0.25) is 0 Å². The highest BCUT2D eigenvalue weighted by Crippen LogP contribution is 2.25. The SMILES string of the molecule is CCc1ccc(-c2nc(C(=O)OCC(=O)Nc3c(C)cccc3CC)cs2)cc1. The molecular weight excluding hydrogens is 384 g/mol. The van der Waals surface area contributed by atoms with Crippen molar-refractivity contribution < 1.29 is 14.3 Å². The quantitative estimate of drug-likeness (QED) is 0.556. The summed E-state index contributed by atoms with van der Waals surface area (Å²) >= 11 is 1.38. The first-order valence-electron chi connectivity index (χ1n) is 9.62. The van der Waals surface area contributed by atoms with Gasteiger partial charge < -0.3 is 10.1 Å². The second-order valence-electron chi connectivity index (χ2n) is 6.68. The third-order valence-electron chi connectivity index (χ3n) is 4.66. The predicted octanol–water partition coefficient (Wildman–Crippen LogP) is 5.04. The summed E-state index contributed by atoms with van der Waals surface area (Å²) < 4.78 is 5.15. The van der Waals surface area contributed by atoms with E-state index in [4.69, 9.17) is 4.74 Å². The number of nitrogens with one attached hydrogen (secondary N) is 1. The van der Waals surface area contributed by atoms with E-state index in [0.29, 0.717) is 0 Å². The van der Waals surface area contributed by atoms with Crippen LogP contribution in [0.1, 0.15) is 41.0 Å². The Morgan fingerprint density at radius 2 is 1.83 bits per heavy atom. The van der Waals surface area contributed by atoms with E-state index in [2.05, 4.69) is 29.4 Å². The van der Waals surface area contributed by atoms with Gasteiger partial charge in [-0.05, 0) is 36.5 Å². The molecule has 0 atom stereocenters. The van der Waals surface area contributed by atoms with Gasteiger partial charge >= 0.3 is 5.97 Å². The van der Waals surface area contributed by atoms with E-state index in [-0.39, 0.29) is 18.2 Å². The van der Waals surface area contributed by atoms with Gasteiger partial charge in [-0.3, -0.25) is 4.79 Å². The van der Waals surface area contributed by atoms with Crippen molar-refractivity contribution in [3.8, 4) is 10.6 Å². The molecule has 0 radical (unpaired) electrons. The van der Waals surface area contributed by atoms with Gasteiger partial charge in [0.15, 0.2) is 12.3 Å². The fraction of sp³-hybridized carbons (Fsp3) is 0.261. The largest absolute Gasteiger partial charge is 0.451 e. The molecule has 0 bridgehead atoms. The molecule has 150 valence electrons. The van der Waals surface area contributed by atoms with E-state index in [1.54, 1.807) is 5.38 Å². The van der Waals surface area contributed by atoms with Crippen molar-refractivity contribution in [2.24, 2.45) is 0 Å². The third kappa shape index (κ3) is 5.09. The van der Waals surface area contributed by atoms with Crippen molar-refractivity contribution in [2.45, 2.75) is 33.6 Å². The molecular formula is C23H24N2O3S. The molecule has 2 aromatic carbocycles. The highest BCUT2D eigenvalue weighted by atomic mass is 32.1. The first-order valence-corrected chi connectivity index (χ1v) is 10.5. The Bertz CT molecular complexity index is 1010. The molecule has 3 aromatic rings. The van der Waals surface area contributed by atoms with Gasteiger partial charge in [-0.25, -0.2) is 9.78 Å². The minimum absolute atomic E-state index is 0.211. The molecule has 0 aliphatic carbocycles. The van der Waals surface area contributed by atoms with Crippen LogP contribution >= 0.6 is 11.3 Å². The van der Waals surface area contributed by atoms with Gasteiger partial charge in [-0.15, -0.1) is 11.3 Å². The summed E-state index contributed by atoms with van der Waals surface area (Å²) in [5.41, 5.74) is 5.21. The lowest BCUT2D eigenvalue weighted by Crippen LogP contribution is -2.22. The summed E-state index contributed by atoms with van der Waals surface area (Å²) in [6, 6.07) is 14.0. The molecule has 3 rings (SSSR count). The normalized spacial score (nSPS) is 10.6. The molecule has 0 fully saturated rings. The Hall–Kier alpha value is -2.99. The molecule has 0 spiro atoms. The Balaban J connectivity index is 1.60. The Morgan fingerprint density at radius 3 is 2.52 bits per heavy atom. The fourth-order valence-corrected chi connectivity index (χ4v) is 3.76. The van der Waals surface area contributed by atoms with Crippen molar-refractivity contribution >= 4 is 28.9 Å². The maximum atomic E-state index is 12.3. The van der Waals surface area contributed by atoms with Gasteiger partial charge in [-0.2, -0.15) is 0 Å². The van der Waals surface area contributed by atoms with E-state index in [1.165, 1.54) is 16.9 Å². The number of nitrogens with zero attached hydrogens (tertiary/aromatic N) is 1. The minimum Gasteiger partial charge on any atom is -0.451 e. The van der Waals surface area contributed by atoms with Crippen LogP contribution in [-0.2, 0) is 22.4 Å². The molecule has 29 heavy (non-hydrogen) atoms. The van der Waals surface area contributed by atoms with Gasteiger partial charge in [-0.1, -0.05) is 56.3 Å². The van der Waals surface area contributed by atoms with Gasteiger partial charge in [0, 0.05) is 16.6 Å². The van der Waals surface area contributed by atoms with E-state index in [1.807, 2.05) is 44.2 Å². The molecule has 1 amide bonds. The van der Waals surface area contributed by atoms with Crippen molar-refractivity contribution in [2.75, 3.05) is 11.9 Å². The lowest BCUT2D eigenvalue weighted by Gasteiger charge is -2.12. The van der Waals surface area contributed by atoms with E-state index in [0.717, 1.165) is 40.2 Å². The van der Waals surface area contributed by atoms with Crippen LogP contribution in [0.3, 0.4) is 0 Å². The molecule has 6 heteroatoms. The first kappa shape index (κ1) is 20.7. The summed E-state index contributed by atoms with van der Waals surface area (Å²) in [4.78, 5) is 28.9. The number of amides is 1. The number of para-hydroxylation sites is 1. The number of esters is 1. The third-order valence-corrected chi connectivity index (χ3v) is 5.55. The monoisotopic (exact) mass is 408 g/mol. The van der Waals surface area contributed by atoms with Crippen LogP contribution in [0.2, 0.25) is 0 Å². The van der Waals surface area contributed by atoms with Crippen LogP contribution in [0.4, 0.5) is 5.69 Å². The molecule has 5 nitrogen and oxygen atoms in total. The van der Waals surface area contributed by atoms with E-state index < -0.39 is 5.97 Å². The Labute approximate surface area is 174 Å². The molecule has 1 N–H and O–H groups in total. The molecule has 0 unspecified atom stereocenters. The fourth-order valence-electron chi connectivity index (χ4n) is 2.97. The number of carbonyl (C=O) groups excluding carboxylic acids is 2. The number of thiazole rings is 1. The van der Waals surface area contributed by atoms with E-state index >= 15 is 0 Å². The van der Waals surface area contributed by atoms with Crippen LogP contribution in [-0.4, -0.2) is 23.5 Å². The predicted molar refractivity (Wildman–Crippen MR) is 116 cm³/mol. The number of rotatable bonds is 7. The zero-order chi connectivity index (χ0) is 20.8. The smallest absolute Gasteiger partial charge is 0.358 e. The van der Waals surface area contributed by atoms with Gasteiger partial charge in [0.25, 0.3) is 5.91 Å². The van der Waals surface area contributed by atoms with Crippen LogP contribution < -0.4 is 5.32 Å². The van der Waals surface area contributed by atoms with Crippen molar-refractivity contribution in [3.05, 3.63) is 70.2 Å². The number of carbonyl (C=O) groups is 2. The average molecular weight is 409 g/mol. The second kappa shape index (κ2) is 9.47. The zero-order valence-corrected chi connectivity index (χ0v) is 17.6. The lowest BCUT2D eigenvalue weighted by molar-refractivity contribution is -0.119. The van der Waals surface area contributed by atoms with Crippen LogP contribution in [0, 0.1) is 6.92 Å². The molecule has 0 saturated carbocycles. The number of anilines is 1. The van der Waals surface area contributed by atoms with Gasteiger partial charge in [0.1, 0.15) is 5.01 Å². The van der Waals surface area contributed by atoms with Crippen LogP contribution in [0.25, 0.3) is 10.6 Å². The van der Waals surface area contributed by atoms with E-state index in [9.17, 15) is 9.59 Å². The van der Waals surface area contributed by atoms with Crippen LogP contribution in [0.15, 0.2) is 47.8 Å². The van der Waals surface area contributed by atoms with Crippen LogP contribution in [0.5, 0.6) is 0 Å². The summed E-state index contributed by atoms with van der Waals surface area (Å²) in [5.74, 6) is -0.971. The first-order chi connectivity index (χ1) is 14.0. The number of hydrogen-bond acceptors (Lipinski definition) is 5. The zero-order valence-electron chi connectivity index (χ0n) is 16.8. The average Bonchev–Trinajstić information content (AvgIpc) is 3.24. The Morgan fingerprint density at radius 1 is 1.07 bits per heavy atom. The van der Waals surface area contributed by atoms with Crippen molar-refractivity contribution in [3.63, 3.8) is 0 Å². The molecule has 0 saturated heterocycles.